The molecule has 0 radical (unpaired) electrons. The molecule has 1 aliphatic heterocycles. The predicted octanol–water partition coefficient (Wildman–Crippen LogP) is 0.672. The number of amides is 2. The number of carbonyl (C=O) groups is 2. The Morgan fingerprint density at radius 1 is 1.33 bits per heavy atom. The van der Waals surface area contributed by atoms with Crippen LogP contribution in [0.1, 0.15) is 23.2 Å². The number of benzene rings is 1. The maximum atomic E-state index is 12.3. The van der Waals surface area contributed by atoms with Gasteiger partial charge in [-0.1, -0.05) is 0 Å². The van der Waals surface area contributed by atoms with Gasteiger partial charge in [-0.15, -0.1) is 0 Å². The molecule has 1 heterocycles. The van der Waals surface area contributed by atoms with Gasteiger partial charge in [-0.3, -0.25) is 9.59 Å². The van der Waals surface area contributed by atoms with E-state index >= 15 is 0 Å². The Hall–Kier alpha value is -2.24. The number of hydrogen-bond acceptors (Lipinski definition) is 4. The minimum atomic E-state index is -0.288. The number of hydrogen-bond donors (Lipinski definition) is 2. The van der Waals surface area contributed by atoms with Gasteiger partial charge in [0.25, 0.3) is 5.91 Å². The van der Waals surface area contributed by atoms with Gasteiger partial charge in [-0.25, -0.2) is 0 Å². The Labute approximate surface area is 124 Å². The highest BCUT2D eigenvalue weighted by molar-refractivity contribution is 6.00. The van der Waals surface area contributed by atoms with Gasteiger partial charge in [0.05, 0.1) is 17.2 Å². The van der Waals surface area contributed by atoms with Crippen molar-refractivity contribution in [3.05, 3.63) is 23.8 Å². The molecule has 4 N–H and O–H groups in total. The molecule has 1 saturated heterocycles. The molecule has 1 aliphatic rings. The molecule has 0 saturated carbocycles. The zero-order chi connectivity index (χ0) is 15.6. The van der Waals surface area contributed by atoms with Crippen molar-refractivity contribution in [1.29, 1.82) is 0 Å². The molecule has 2 amide bonds. The minimum Gasteiger partial charge on any atom is -0.399 e. The van der Waals surface area contributed by atoms with Gasteiger partial charge >= 0.3 is 0 Å². The summed E-state index contributed by atoms with van der Waals surface area (Å²) in [4.78, 5) is 27.3. The quantitative estimate of drug-likeness (QED) is 0.800. The van der Waals surface area contributed by atoms with Crippen LogP contribution in [-0.2, 0) is 4.79 Å². The van der Waals surface area contributed by atoms with E-state index in [9.17, 15) is 9.59 Å². The summed E-state index contributed by atoms with van der Waals surface area (Å²) in [7, 11) is 3.43. The van der Waals surface area contributed by atoms with Crippen LogP contribution in [0.15, 0.2) is 18.2 Å². The lowest BCUT2D eigenvalue weighted by molar-refractivity contribution is -0.122. The van der Waals surface area contributed by atoms with Gasteiger partial charge in [0.1, 0.15) is 0 Å². The van der Waals surface area contributed by atoms with E-state index in [0.29, 0.717) is 17.8 Å². The van der Waals surface area contributed by atoms with E-state index in [1.54, 1.807) is 32.3 Å². The lowest BCUT2D eigenvalue weighted by Crippen LogP contribution is -2.42. The zero-order valence-corrected chi connectivity index (χ0v) is 12.5. The average Bonchev–Trinajstić information content (AvgIpc) is 2.46. The average molecular weight is 290 g/mol. The number of nitrogens with two attached hydrogens (primary N) is 2. The number of primary amides is 1. The first-order chi connectivity index (χ1) is 9.90. The van der Waals surface area contributed by atoms with E-state index < -0.39 is 0 Å². The van der Waals surface area contributed by atoms with Crippen molar-refractivity contribution in [1.82, 2.24) is 4.90 Å². The summed E-state index contributed by atoms with van der Waals surface area (Å²) >= 11 is 0. The fourth-order valence-corrected chi connectivity index (χ4v) is 2.66. The molecule has 0 spiro atoms. The summed E-state index contributed by atoms with van der Waals surface area (Å²) in [5.74, 6) is -0.544. The van der Waals surface area contributed by atoms with E-state index in [1.807, 2.05) is 4.90 Å². The standard InChI is InChI=1S/C15H22N4O2/c1-18(2)15(21)12-6-5-11(16)8-13(12)19-7-3-4-10(9-19)14(17)20/h5-6,8,10H,3-4,7,9,16H2,1-2H3,(H2,17,20). The van der Waals surface area contributed by atoms with Crippen LogP contribution in [0.25, 0.3) is 0 Å². The largest absolute Gasteiger partial charge is 0.399 e. The van der Waals surface area contributed by atoms with Gasteiger partial charge in [-0.05, 0) is 31.0 Å². The van der Waals surface area contributed by atoms with E-state index in [-0.39, 0.29) is 17.7 Å². The van der Waals surface area contributed by atoms with E-state index in [0.717, 1.165) is 25.1 Å². The molecule has 1 unspecified atom stereocenters. The van der Waals surface area contributed by atoms with Crippen LogP contribution >= 0.6 is 0 Å². The summed E-state index contributed by atoms with van der Waals surface area (Å²) in [6.07, 6.45) is 1.67. The van der Waals surface area contributed by atoms with Crippen LogP contribution in [0, 0.1) is 5.92 Å². The third-order valence-corrected chi connectivity index (χ3v) is 3.82. The summed E-state index contributed by atoms with van der Waals surface area (Å²) in [5, 5.41) is 0. The van der Waals surface area contributed by atoms with Crippen molar-refractivity contribution in [2.75, 3.05) is 37.8 Å². The second-order valence-electron chi connectivity index (χ2n) is 5.66. The van der Waals surface area contributed by atoms with E-state index in [1.165, 1.54) is 4.90 Å². The first kappa shape index (κ1) is 15.2. The molecule has 21 heavy (non-hydrogen) atoms. The molecule has 1 aromatic rings. The van der Waals surface area contributed by atoms with E-state index in [4.69, 9.17) is 11.5 Å². The molecule has 6 nitrogen and oxygen atoms in total. The molecule has 6 heteroatoms. The third kappa shape index (κ3) is 3.26. The molecule has 0 aromatic heterocycles. The SMILES string of the molecule is CN(C)C(=O)c1ccc(N)cc1N1CCCC(C(N)=O)C1. The molecule has 0 bridgehead atoms. The Morgan fingerprint density at radius 2 is 2.05 bits per heavy atom. The maximum absolute atomic E-state index is 12.3. The Balaban J connectivity index is 2.35. The summed E-state index contributed by atoms with van der Waals surface area (Å²) < 4.78 is 0. The normalized spacial score (nSPS) is 18.4. The molecular weight excluding hydrogens is 268 g/mol. The van der Waals surface area contributed by atoms with Crippen molar-refractivity contribution >= 4 is 23.2 Å². The van der Waals surface area contributed by atoms with Gasteiger partial charge in [0.2, 0.25) is 5.91 Å². The van der Waals surface area contributed by atoms with Gasteiger partial charge in [-0.2, -0.15) is 0 Å². The first-order valence-corrected chi connectivity index (χ1v) is 7.05. The number of piperidine rings is 1. The van der Waals surface area contributed by atoms with Crippen LogP contribution < -0.4 is 16.4 Å². The van der Waals surface area contributed by atoms with Crippen LogP contribution in [0.2, 0.25) is 0 Å². The van der Waals surface area contributed by atoms with Gasteiger partial charge in [0, 0.05) is 32.9 Å². The topological polar surface area (TPSA) is 92.7 Å². The first-order valence-electron chi connectivity index (χ1n) is 7.05. The molecule has 0 aliphatic carbocycles. The maximum Gasteiger partial charge on any atom is 0.255 e. The Morgan fingerprint density at radius 3 is 2.67 bits per heavy atom. The molecule has 1 aromatic carbocycles. The number of rotatable bonds is 3. The molecule has 114 valence electrons. The predicted molar refractivity (Wildman–Crippen MR) is 83.0 cm³/mol. The number of nitrogens with zero attached hydrogens (tertiary/aromatic N) is 2. The van der Waals surface area contributed by atoms with Crippen LogP contribution in [-0.4, -0.2) is 43.9 Å². The molecule has 1 atom stereocenters. The van der Waals surface area contributed by atoms with Crippen LogP contribution in [0.3, 0.4) is 0 Å². The van der Waals surface area contributed by atoms with Crippen LogP contribution in [0.5, 0.6) is 0 Å². The van der Waals surface area contributed by atoms with E-state index in [2.05, 4.69) is 0 Å². The number of anilines is 2. The highest BCUT2D eigenvalue weighted by Crippen LogP contribution is 2.29. The van der Waals surface area contributed by atoms with Gasteiger partial charge < -0.3 is 21.3 Å². The lowest BCUT2D eigenvalue weighted by atomic mass is 9.96. The highest BCUT2D eigenvalue weighted by Gasteiger charge is 2.27. The van der Waals surface area contributed by atoms with Gasteiger partial charge in [0.15, 0.2) is 0 Å². The molecular formula is C15H22N4O2. The number of nitrogen functional groups attached to an aromatic ring is 1. The lowest BCUT2D eigenvalue weighted by Gasteiger charge is -2.34. The highest BCUT2D eigenvalue weighted by atomic mass is 16.2. The Kier molecular flexibility index (Phi) is 4.35. The second kappa shape index (κ2) is 6.03. The van der Waals surface area contributed by atoms with Crippen molar-refractivity contribution in [3.8, 4) is 0 Å². The fourth-order valence-electron chi connectivity index (χ4n) is 2.66. The van der Waals surface area contributed by atoms with Crippen LogP contribution in [0.4, 0.5) is 11.4 Å². The Bertz CT molecular complexity index is 557. The fraction of sp³-hybridized carbons (Fsp3) is 0.467. The summed E-state index contributed by atoms with van der Waals surface area (Å²) in [6, 6.07) is 5.25. The minimum absolute atomic E-state index is 0.0776. The van der Waals surface area contributed by atoms with Crippen molar-refractivity contribution in [2.24, 2.45) is 11.7 Å². The monoisotopic (exact) mass is 290 g/mol. The van der Waals surface area contributed by atoms with Crippen molar-refractivity contribution in [3.63, 3.8) is 0 Å². The third-order valence-electron chi connectivity index (χ3n) is 3.82. The van der Waals surface area contributed by atoms with Crippen molar-refractivity contribution in [2.45, 2.75) is 12.8 Å². The summed E-state index contributed by atoms with van der Waals surface area (Å²) in [6.45, 7) is 1.33. The smallest absolute Gasteiger partial charge is 0.255 e. The zero-order valence-electron chi connectivity index (χ0n) is 12.5. The van der Waals surface area contributed by atoms with Crippen molar-refractivity contribution < 1.29 is 9.59 Å². The second-order valence-corrected chi connectivity index (χ2v) is 5.66. The number of carbonyl (C=O) groups excluding carboxylic acids is 2. The molecule has 1 fully saturated rings. The molecule has 2 rings (SSSR count). The summed E-state index contributed by atoms with van der Waals surface area (Å²) in [5.41, 5.74) is 13.3.